The van der Waals surface area contributed by atoms with E-state index >= 15 is 0 Å². The molecule has 4 heteroatoms. The average Bonchev–Trinajstić information content (AvgIpc) is 2.75. The Labute approximate surface area is 173 Å². The summed E-state index contributed by atoms with van der Waals surface area (Å²) in [6, 6.07) is 16.1. The number of piperidine rings is 3. The highest BCUT2D eigenvalue weighted by atomic mass is 16.2. The van der Waals surface area contributed by atoms with Crippen molar-refractivity contribution in [3.63, 3.8) is 0 Å². The lowest BCUT2D eigenvalue weighted by atomic mass is 9.74. The highest BCUT2D eigenvalue weighted by molar-refractivity contribution is 5.94. The number of nitrogens with zero attached hydrogens (tertiary/aromatic N) is 3. The molecule has 2 aromatic rings. The van der Waals surface area contributed by atoms with Crippen LogP contribution in [0.15, 0.2) is 48.7 Å². The zero-order valence-electron chi connectivity index (χ0n) is 17.3. The Morgan fingerprint density at radius 2 is 1.93 bits per heavy atom. The van der Waals surface area contributed by atoms with Gasteiger partial charge in [0.15, 0.2) is 0 Å². The van der Waals surface area contributed by atoms with E-state index in [0.29, 0.717) is 23.9 Å². The number of hydrogen-bond donors (Lipinski definition) is 0. The van der Waals surface area contributed by atoms with Crippen LogP contribution in [0.3, 0.4) is 0 Å². The largest absolute Gasteiger partial charge is 0.338 e. The summed E-state index contributed by atoms with van der Waals surface area (Å²) in [5, 5.41) is 0. The number of carbonyl (C=O) groups excluding carboxylic acids is 1. The fourth-order valence-electron chi connectivity index (χ4n) is 5.96. The molecule has 0 spiro atoms. The molecule has 1 aromatic heterocycles. The van der Waals surface area contributed by atoms with Crippen molar-refractivity contribution >= 4 is 5.91 Å². The SMILES string of the molecule is Cc1ccc(C(=O)N2C[C@@H]3C[C@H](C2)[C@@H]2CCC[C@H](Cc4ccccc4)N2C3)cn1. The molecule has 3 saturated heterocycles. The first-order chi connectivity index (χ1) is 14.2. The molecule has 4 heterocycles. The summed E-state index contributed by atoms with van der Waals surface area (Å²) in [7, 11) is 0. The van der Waals surface area contributed by atoms with Crippen molar-refractivity contribution < 1.29 is 4.79 Å². The third kappa shape index (κ3) is 3.83. The Morgan fingerprint density at radius 1 is 1.07 bits per heavy atom. The molecule has 1 aromatic carbocycles. The summed E-state index contributed by atoms with van der Waals surface area (Å²) in [5.41, 5.74) is 3.15. The van der Waals surface area contributed by atoms with Gasteiger partial charge in [-0.2, -0.15) is 0 Å². The van der Waals surface area contributed by atoms with E-state index in [1.165, 1.54) is 31.2 Å². The van der Waals surface area contributed by atoms with E-state index < -0.39 is 0 Å². The number of amides is 1. The fraction of sp³-hybridized carbons (Fsp3) is 0.520. The minimum absolute atomic E-state index is 0.164. The van der Waals surface area contributed by atoms with Gasteiger partial charge >= 0.3 is 0 Å². The fourth-order valence-corrected chi connectivity index (χ4v) is 5.96. The number of pyridine rings is 1. The van der Waals surface area contributed by atoms with Crippen LogP contribution >= 0.6 is 0 Å². The van der Waals surface area contributed by atoms with Crippen LogP contribution in [-0.4, -0.2) is 52.4 Å². The molecule has 1 amide bonds. The standard InChI is InChI=1S/C25H31N3O/c1-18-10-11-21(14-26-18)25(29)27-15-20-12-22(17-27)24-9-5-8-23(28(24)16-20)13-19-6-3-2-4-7-19/h2-4,6-7,10-11,14,20,22-24H,5,8-9,12-13,15-17H2,1H3/t20-,22+,23+,24-/m0/s1. The van der Waals surface area contributed by atoms with Crippen LogP contribution in [0.25, 0.3) is 0 Å². The Balaban J connectivity index is 1.30. The summed E-state index contributed by atoms with van der Waals surface area (Å²) >= 11 is 0. The van der Waals surface area contributed by atoms with Gasteiger partial charge in [0, 0.05) is 43.6 Å². The molecule has 0 aliphatic carbocycles. The van der Waals surface area contributed by atoms with Crippen molar-refractivity contribution in [1.82, 2.24) is 14.8 Å². The highest BCUT2D eigenvalue weighted by Gasteiger charge is 2.45. The lowest BCUT2D eigenvalue weighted by molar-refractivity contribution is -0.0498. The van der Waals surface area contributed by atoms with Crippen LogP contribution in [0.1, 0.15) is 47.3 Å². The van der Waals surface area contributed by atoms with Gasteiger partial charge in [0.1, 0.15) is 0 Å². The minimum atomic E-state index is 0.164. The lowest BCUT2D eigenvalue weighted by Gasteiger charge is -2.55. The van der Waals surface area contributed by atoms with Crippen molar-refractivity contribution in [2.75, 3.05) is 19.6 Å². The van der Waals surface area contributed by atoms with Crippen LogP contribution in [0.2, 0.25) is 0 Å². The van der Waals surface area contributed by atoms with Crippen LogP contribution in [0, 0.1) is 18.8 Å². The highest BCUT2D eigenvalue weighted by Crippen LogP contribution is 2.40. The zero-order chi connectivity index (χ0) is 19.8. The normalized spacial score (nSPS) is 29.3. The number of benzene rings is 1. The van der Waals surface area contributed by atoms with E-state index in [2.05, 4.69) is 45.1 Å². The molecule has 3 aliphatic heterocycles. The number of carbonyl (C=O) groups is 1. The van der Waals surface area contributed by atoms with E-state index in [1.807, 2.05) is 19.1 Å². The second kappa shape index (κ2) is 7.91. The Kier molecular flexibility index (Phi) is 5.13. The van der Waals surface area contributed by atoms with Gasteiger partial charge in [-0.1, -0.05) is 36.8 Å². The van der Waals surface area contributed by atoms with Gasteiger partial charge in [0.25, 0.3) is 5.91 Å². The third-order valence-electron chi connectivity index (χ3n) is 7.27. The molecule has 152 valence electrons. The molecular formula is C25H31N3O. The van der Waals surface area contributed by atoms with E-state index in [1.54, 1.807) is 6.20 Å². The zero-order valence-corrected chi connectivity index (χ0v) is 17.3. The van der Waals surface area contributed by atoms with Crippen LogP contribution in [0.5, 0.6) is 0 Å². The Morgan fingerprint density at radius 3 is 2.72 bits per heavy atom. The Hall–Kier alpha value is -2.20. The van der Waals surface area contributed by atoms with Crippen LogP contribution < -0.4 is 0 Å². The molecular weight excluding hydrogens is 358 g/mol. The molecule has 29 heavy (non-hydrogen) atoms. The van der Waals surface area contributed by atoms with Gasteiger partial charge in [-0.05, 0) is 62.1 Å². The van der Waals surface area contributed by atoms with Gasteiger partial charge in [-0.3, -0.25) is 14.7 Å². The van der Waals surface area contributed by atoms with Crippen molar-refractivity contribution in [2.24, 2.45) is 11.8 Å². The first-order valence-corrected chi connectivity index (χ1v) is 11.2. The number of aryl methyl sites for hydroxylation is 1. The maximum atomic E-state index is 13.1. The summed E-state index contributed by atoms with van der Waals surface area (Å²) < 4.78 is 0. The maximum Gasteiger partial charge on any atom is 0.255 e. The molecule has 0 N–H and O–H groups in total. The van der Waals surface area contributed by atoms with Crippen molar-refractivity contribution in [3.05, 3.63) is 65.5 Å². The number of hydrogen-bond acceptors (Lipinski definition) is 3. The monoisotopic (exact) mass is 389 g/mol. The van der Waals surface area contributed by atoms with E-state index in [4.69, 9.17) is 0 Å². The summed E-state index contributed by atoms with van der Waals surface area (Å²) in [6.45, 7) is 4.91. The Bertz CT molecular complexity index is 850. The predicted octanol–water partition coefficient (Wildman–Crippen LogP) is 3.95. The van der Waals surface area contributed by atoms with Gasteiger partial charge < -0.3 is 4.90 Å². The molecule has 3 aliphatic rings. The quantitative estimate of drug-likeness (QED) is 0.798. The molecule has 0 unspecified atom stereocenters. The first kappa shape index (κ1) is 18.8. The van der Waals surface area contributed by atoms with Crippen LogP contribution in [-0.2, 0) is 6.42 Å². The van der Waals surface area contributed by atoms with Crippen molar-refractivity contribution in [2.45, 2.75) is 51.1 Å². The van der Waals surface area contributed by atoms with Crippen molar-refractivity contribution in [3.8, 4) is 0 Å². The van der Waals surface area contributed by atoms with Crippen molar-refractivity contribution in [1.29, 1.82) is 0 Å². The van der Waals surface area contributed by atoms with Crippen LogP contribution in [0.4, 0.5) is 0 Å². The van der Waals surface area contributed by atoms with Gasteiger partial charge in [0.05, 0.1) is 5.56 Å². The second-order valence-corrected chi connectivity index (χ2v) is 9.30. The van der Waals surface area contributed by atoms with E-state index in [-0.39, 0.29) is 5.91 Å². The summed E-state index contributed by atoms with van der Waals surface area (Å²) in [6.07, 6.45) is 8.10. The predicted molar refractivity (Wildman–Crippen MR) is 115 cm³/mol. The maximum absolute atomic E-state index is 13.1. The summed E-state index contributed by atoms with van der Waals surface area (Å²) in [4.78, 5) is 22.3. The molecule has 2 bridgehead atoms. The number of likely N-dealkylation sites (tertiary alicyclic amines) is 1. The molecule has 0 radical (unpaired) electrons. The average molecular weight is 390 g/mol. The molecule has 5 rings (SSSR count). The number of fused-ring (bicyclic) bond motifs is 4. The molecule has 0 saturated carbocycles. The molecule has 4 atom stereocenters. The van der Waals surface area contributed by atoms with E-state index in [9.17, 15) is 4.79 Å². The van der Waals surface area contributed by atoms with Gasteiger partial charge in [0.2, 0.25) is 0 Å². The van der Waals surface area contributed by atoms with E-state index in [0.717, 1.165) is 37.3 Å². The third-order valence-corrected chi connectivity index (χ3v) is 7.27. The molecule has 4 nitrogen and oxygen atoms in total. The second-order valence-electron chi connectivity index (χ2n) is 9.30. The topological polar surface area (TPSA) is 36.4 Å². The minimum Gasteiger partial charge on any atom is -0.338 e. The number of rotatable bonds is 3. The molecule has 3 fully saturated rings. The van der Waals surface area contributed by atoms with Gasteiger partial charge in [-0.25, -0.2) is 0 Å². The number of aromatic nitrogens is 1. The first-order valence-electron chi connectivity index (χ1n) is 11.2. The van der Waals surface area contributed by atoms with Gasteiger partial charge in [-0.15, -0.1) is 0 Å². The summed E-state index contributed by atoms with van der Waals surface area (Å²) in [5.74, 6) is 1.38. The lowest BCUT2D eigenvalue weighted by Crippen LogP contribution is -2.62. The smallest absolute Gasteiger partial charge is 0.255 e.